The molecular weight excluding hydrogens is 386 g/mol. The first kappa shape index (κ1) is 25.1. The second-order valence-corrected chi connectivity index (χ2v) is 16.4. The second-order valence-electron chi connectivity index (χ2n) is 16.4. The Morgan fingerprint density at radius 3 is 1.41 bits per heavy atom. The summed E-state index contributed by atoms with van der Waals surface area (Å²) in [7, 11) is 0. The summed E-state index contributed by atoms with van der Waals surface area (Å²) in [6.07, 6.45) is 11.8. The third kappa shape index (κ3) is 4.72. The maximum absolute atomic E-state index is 2.92. The van der Waals surface area contributed by atoms with Gasteiger partial charge in [0.2, 0.25) is 0 Å². The highest BCUT2D eigenvalue weighted by Crippen LogP contribution is 2.59. The molecule has 3 saturated carbocycles. The minimum atomic E-state index is 0.350. The normalized spacial score (nSPS) is 39.0. The van der Waals surface area contributed by atoms with E-state index in [1.807, 2.05) is 0 Å². The maximum atomic E-state index is 2.92. The largest absolute Gasteiger partial charge is 0.298 e. The lowest BCUT2D eigenvalue weighted by Gasteiger charge is -2.51. The summed E-state index contributed by atoms with van der Waals surface area (Å²) >= 11 is 0. The third-order valence-electron chi connectivity index (χ3n) is 11.3. The maximum Gasteiger partial charge on any atom is 0.0153 e. The molecule has 3 aliphatic carbocycles. The Balaban J connectivity index is 1.36. The summed E-state index contributed by atoms with van der Waals surface area (Å²) in [6.45, 7) is 28.1. The van der Waals surface area contributed by atoms with Gasteiger partial charge in [-0.15, -0.1) is 0 Å². The third-order valence-corrected chi connectivity index (χ3v) is 11.3. The molecule has 4 bridgehead atoms. The van der Waals surface area contributed by atoms with Crippen LogP contribution in [0.3, 0.4) is 0 Å². The van der Waals surface area contributed by atoms with E-state index in [1.165, 1.54) is 64.5 Å². The lowest BCUT2D eigenvalue weighted by molar-refractivity contribution is -0.0230. The molecule has 1 nitrogen and oxygen atoms in total. The number of rotatable bonds is 5. The fourth-order valence-electron chi connectivity index (χ4n) is 9.70. The van der Waals surface area contributed by atoms with E-state index in [1.54, 1.807) is 0 Å². The van der Waals surface area contributed by atoms with Gasteiger partial charge in [-0.2, -0.15) is 0 Å². The van der Waals surface area contributed by atoms with Crippen LogP contribution in [0.5, 0.6) is 0 Å². The van der Waals surface area contributed by atoms with Crippen molar-refractivity contribution < 1.29 is 0 Å². The molecule has 0 aromatic heterocycles. The molecule has 0 aromatic rings. The van der Waals surface area contributed by atoms with Gasteiger partial charge in [0.05, 0.1) is 0 Å². The van der Waals surface area contributed by atoms with Crippen LogP contribution in [0.2, 0.25) is 0 Å². The fraction of sp³-hybridized carbons (Fsp3) is 1.00. The van der Waals surface area contributed by atoms with E-state index >= 15 is 0 Å². The molecular formula is C31H57N. The van der Waals surface area contributed by atoms with Crippen LogP contribution in [0.4, 0.5) is 0 Å². The van der Waals surface area contributed by atoms with E-state index in [9.17, 15) is 0 Å². The van der Waals surface area contributed by atoms with Gasteiger partial charge in [-0.25, -0.2) is 0 Å². The highest BCUT2D eigenvalue weighted by Gasteiger charge is 2.51. The SMILES string of the molecule is CC(C)(C)C1C2CCC1CC(C(C)(C)CCC(C)(C)N1CC3CCC(C1)C3C(C)(C)C)C2. The Hall–Kier alpha value is -0.0400. The van der Waals surface area contributed by atoms with Gasteiger partial charge in [0.1, 0.15) is 0 Å². The van der Waals surface area contributed by atoms with Crippen LogP contribution in [0.15, 0.2) is 0 Å². The molecule has 0 amide bonds. The summed E-state index contributed by atoms with van der Waals surface area (Å²) in [6, 6.07) is 0. The van der Waals surface area contributed by atoms with Gasteiger partial charge in [-0.3, -0.25) is 4.90 Å². The molecule has 0 radical (unpaired) electrons. The minimum absolute atomic E-state index is 0.350. The zero-order chi connectivity index (χ0) is 23.7. The summed E-state index contributed by atoms with van der Waals surface area (Å²) in [4.78, 5) is 2.92. The van der Waals surface area contributed by atoms with E-state index in [0.717, 1.165) is 41.4 Å². The minimum Gasteiger partial charge on any atom is -0.298 e. The summed E-state index contributed by atoms with van der Waals surface area (Å²) in [5.41, 5.74) is 1.82. The van der Waals surface area contributed by atoms with E-state index < -0.39 is 0 Å². The lowest BCUT2D eigenvalue weighted by Crippen LogP contribution is -2.54. The van der Waals surface area contributed by atoms with Crippen molar-refractivity contribution in [1.82, 2.24) is 4.90 Å². The molecule has 4 rings (SSSR count). The standard InChI is InChI=1S/C31H57N/c1-28(2,3)26-21-11-12-22(26)18-25(17-21)30(7,8)15-16-31(9,10)32-19-23-13-14-24(20-32)27(23)29(4,5)6/h21-27H,11-20H2,1-10H3. The first-order valence-corrected chi connectivity index (χ1v) is 14.3. The lowest BCUT2D eigenvalue weighted by atomic mass is 9.58. The van der Waals surface area contributed by atoms with Gasteiger partial charge in [-0.1, -0.05) is 55.4 Å². The van der Waals surface area contributed by atoms with Crippen molar-refractivity contribution in [2.24, 2.45) is 57.7 Å². The molecule has 1 saturated heterocycles. The number of hydrogen-bond acceptors (Lipinski definition) is 1. The summed E-state index contributed by atoms with van der Waals surface area (Å²) in [5, 5.41) is 0. The number of likely N-dealkylation sites (tertiary alicyclic amines) is 1. The van der Waals surface area contributed by atoms with E-state index in [0.29, 0.717) is 21.8 Å². The van der Waals surface area contributed by atoms with Crippen molar-refractivity contribution in [3.8, 4) is 0 Å². The zero-order valence-corrected chi connectivity index (χ0v) is 23.6. The molecule has 186 valence electrons. The van der Waals surface area contributed by atoms with Gasteiger partial charge < -0.3 is 0 Å². The zero-order valence-electron chi connectivity index (χ0n) is 23.6. The van der Waals surface area contributed by atoms with Crippen LogP contribution in [0.25, 0.3) is 0 Å². The van der Waals surface area contributed by atoms with Gasteiger partial charge in [0, 0.05) is 18.6 Å². The molecule has 1 heteroatoms. The molecule has 1 heterocycles. The second kappa shape index (κ2) is 8.27. The first-order valence-electron chi connectivity index (χ1n) is 14.3. The molecule has 4 unspecified atom stereocenters. The van der Waals surface area contributed by atoms with Crippen LogP contribution in [-0.2, 0) is 0 Å². The van der Waals surface area contributed by atoms with Crippen molar-refractivity contribution in [2.75, 3.05) is 13.1 Å². The highest BCUT2D eigenvalue weighted by atomic mass is 15.2. The van der Waals surface area contributed by atoms with E-state index in [-0.39, 0.29) is 0 Å². The van der Waals surface area contributed by atoms with E-state index in [4.69, 9.17) is 0 Å². The predicted molar refractivity (Wildman–Crippen MR) is 140 cm³/mol. The van der Waals surface area contributed by atoms with Gasteiger partial charge in [0.25, 0.3) is 0 Å². The van der Waals surface area contributed by atoms with Gasteiger partial charge >= 0.3 is 0 Å². The first-order chi connectivity index (χ1) is 14.6. The average molecular weight is 444 g/mol. The molecule has 32 heavy (non-hydrogen) atoms. The topological polar surface area (TPSA) is 3.24 Å². The number of hydrogen-bond donors (Lipinski definition) is 0. The number of piperidine rings is 1. The monoisotopic (exact) mass is 443 g/mol. The molecule has 4 fully saturated rings. The molecule has 4 aliphatic rings. The van der Waals surface area contributed by atoms with Crippen molar-refractivity contribution in [1.29, 1.82) is 0 Å². The Morgan fingerprint density at radius 2 is 0.969 bits per heavy atom. The molecule has 0 spiro atoms. The van der Waals surface area contributed by atoms with Crippen LogP contribution in [-0.4, -0.2) is 23.5 Å². The van der Waals surface area contributed by atoms with Crippen molar-refractivity contribution in [3.63, 3.8) is 0 Å². The van der Waals surface area contributed by atoms with Gasteiger partial charge in [-0.05, 0) is 123 Å². The van der Waals surface area contributed by atoms with Crippen LogP contribution in [0.1, 0.15) is 121 Å². The molecule has 4 atom stereocenters. The Labute approximate surface area is 201 Å². The highest BCUT2D eigenvalue weighted by molar-refractivity contribution is 5.02. The van der Waals surface area contributed by atoms with Crippen LogP contribution in [0, 0.1) is 57.7 Å². The van der Waals surface area contributed by atoms with Crippen LogP contribution < -0.4 is 0 Å². The Morgan fingerprint density at radius 1 is 0.562 bits per heavy atom. The van der Waals surface area contributed by atoms with Crippen LogP contribution >= 0.6 is 0 Å². The smallest absolute Gasteiger partial charge is 0.0153 e. The fourth-order valence-corrected chi connectivity index (χ4v) is 9.70. The number of nitrogens with zero attached hydrogens (tertiary/aromatic N) is 1. The summed E-state index contributed by atoms with van der Waals surface area (Å²) in [5.74, 6) is 6.73. The van der Waals surface area contributed by atoms with E-state index in [2.05, 4.69) is 74.1 Å². The van der Waals surface area contributed by atoms with Crippen molar-refractivity contribution >= 4 is 0 Å². The Kier molecular flexibility index (Phi) is 6.48. The Bertz CT molecular complexity index is 573. The average Bonchev–Trinajstić information content (AvgIpc) is 3.10. The van der Waals surface area contributed by atoms with Crippen molar-refractivity contribution in [2.45, 2.75) is 126 Å². The quantitative estimate of drug-likeness (QED) is 0.411. The van der Waals surface area contributed by atoms with Gasteiger partial charge in [0.15, 0.2) is 0 Å². The number of fused-ring (bicyclic) bond motifs is 4. The molecule has 0 N–H and O–H groups in total. The molecule has 0 aromatic carbocycles. The summed E-state index contributed by atoms with van der Waals surface area (Å²) < 4.78 is 0. The van der Waals surface area contributed by atoms with Crippen molar-refractivity contribution in [3.05, 3.63) is 0 Å². The molecule has 1 aliphatic heterocycles. The predicted octanol–water partition coefficient (Wildman–Crippen LogP) is 8.67.